The van der Waals surface area contributed by atoms with Crippen molar-refractivity contribution in [3.8, 4) is 5.75 Å². The third-order valence-electron chi connectivity index (χ3n) is 3.30. The van der Waals surface area contributed by atoms with Crippen LogP contribution in [-0.2, 0) is 6.61 Å². The zero-order valence-corrected chi connectivity index (χ0v) is 13.8. The number of carbonyl (C=O) groups is 1. The van der Waals surface area contributed by atoms with Crippen molar-refractivity contribution in [1.82, 2.24) is 5.32 Å². The summed E-state index contributed by atoms with van der Waals surface area (Å²) in [4.78, 5) is 12.1. The summed E-state index contributed by atoms with van der Waals surface area (Å²) in [5, 5.41) is 3.54. The highest BCUT2D eigenvalue weighted by Gasteiger charge is 2.07. The van der Waals surface area contributed by atoms with Crippen molar-refractivity contribution in [3.63, 3.8) is 0 Å². The van der Waals surface area contributed by atoms with Gasteiger partial charge in [0, 0.05) is 23.2 Å². The molecular formula is C18H21ClN2O2. The van der Waals surface area contributed by atoms with Gasteiger partial charge >= 0.3 is 0 Å². The van der Waals surface area contributed by atoms with Crippen molar-refractivity contribution in [2.24, 2.45) is 5.73 Å². The Hall–Kier alpha value is -2.04. The lowest BCUT2D eigenvalue weighted by Crippen LogP contribution is -2.28. The first-order chi connectivity index (χ1) is 11.0. The molecule has 0 spiro atoms. The highest BCUT2D eigenvalue weighted by Crippen LogP contribution is 2.16. The molecule has 0 saturated heterocycles. The predicted octanol–water partition coefficient (Wildman–Crippen LogP) is 3.39. The van der Waals surface area contributed by atoms with Gasteiger partial charge in [-0.05, 0) is 49.2 Å². The molecule has 3 N–H and O–H groups in total. The van der Waals surface area contributed by atoms with Gasteiger partial charge in [0.05, 0.1) is 0 Å². The van der Waals surface area contributed by atoms with Crippen LogP contribution in [0.25, 0.3) is 0 Å². The zero-order valence-electron chi connectivity index (χ0n) is 13.1. The molecule has 0 aliphatic rings. The van der Waals surface area contributed by atoms with Gasteiger partial charge in [-0.1, -0.05) is 29.8 Å². The molecule has 4 nitrogen and oxygen atoms in total. The number of hydrogen-bond acceptors (Lipinski definition) is 3. The number of rotatable bonds is 7. The second kappa shape index (κ2) is 8.56. The van der Waals surface area contributed by atoms with Gasteiger partial charge in [0.25, 0.3) is 5.91 Å². The fraction of sp³-hybridized carbons (Fsp3) is 0.278. The van der Waals surface area contributed by atoms with Crippen molar-refractivity contribution >= 4 is 17.5 Å². The fourth-order valence-electron chi connectivity index (χ4n) is 1.99. The Morgan fingerprint density at radius 1 is 1.26 bits per heavy atom. The van der Waals surface area contributed by atoms with Gasteiger partial charge in [-0.2, -0.15) is 0 Å². The van der Waals surface area contributed by atoms with Crippen LogP contribution < -0.4 is 15.8 Å². The third-order valence-corrected chi connectivity index (χ3v) is 3.55. The summed E-state index contributed by atoms with van der Waals surface area (Å²) in [5.74, 6) is 0.530. The normalized spacial score (nSPS) is 11.8. The molecule has 0 bridgehead atoms. The number of benzene rings is 2. The quantitative estimate of drug-likeness (QED) is 0.817. The van der Waals surface area contributed by atoms with E-state index in [4.69, 9.17) is 22.1 Å². The summed E-state index contributed by atoms with van der Waals surface area (Å²) >= 11 is 5.85. The van der Waals surface area contributed by atoms with Gasteiger partial charge in [0.2, 0.25) is 0 Å². The van der Waals surface area contributed by atoms with E-state index in [0.29, 0.717) is 29.5 Å². The Balaban J connectivity index is 1.91. The van der Waals surface area contributed by atoms with Crippen molar-refractivity contribution in [3.05, 3.63) is 64.7 Å². The molecule has 2 aromatic carbocycles. The first-order valence-electron chi connectivity index (χ1n) is 7.55. The fourth-order valence-corrected chi connectivity index (χ4v) is 2.12. The molecule has 0 aliphatic carbocycles. The topological polar surface area (TPSA) is 64.3 Å². The molecule has 2 aromatic rings. The van der Waals surface area contributed by atoms with E-state index in [1.54, 1.807) is 18.2 Å². The van der Waals surface area contributed by atoms with Gasteiger partial charge in [-0.3, -0.25) is 4.79 Å². The molecular weight excluding hydrogens is 312 g/mol. The SMILES string of the molecule is CC(N)CCNC(=O)c1cccc(OCc2ccc(Cl)cc2)c1. The number of halogens is 1. The number of nitrogens with two attached hydrogens (primary N) is 1. The standard InChI is InChI=1S/C18H21ClN2O2/c1-13(20)9-10-21-18(22)15-3-2-4-17(11-15)23-12-14-5-7-16(19)8-6-14/h2-8,11,13H,9-10,12,20H2,1H3,(H,21,22). The van der Waals surface area contributed by atoms with E-state index in [0.717, 1.165) is 12.0 Å². The van der Waals surface area contributed by atoms with Crippen LogP contribution in [-0.4, -0.2) is 18.5 Å². The van der Waals surface area contributed by atoms with E-state index >= 15 is 0 Å². The number of amides is 1. The molecule has 0 aromatic heterocycles. The maximum absolute atomic E-state index is 12.1. The van der Waals surface area contributed by atoms with Crippen molar-refractivity contribution in [2.75, 3.05) is 6.54 Å². The lowest BCUT2D eigenvalue weighted by atomic mass is 10.2. The first kappa shape index (κ1) is 17.3. The molecule has 0 radical (unpaired) electrons. The zero-order chi connectivity index (χ0) is 16.7. The van der Waals surface area contributed by atoms with Crippen LogP contribution in [0.1, 0.15) is 29.3 Å². The number of hydrogen-bond donors (Lipinski definition) is 2. The minimum absolute atomic E-state index is 0.0735. The van der Waals surface area contributed by atoms with Gasteiger partial charge < -0.3 is 15.8 Å². The van der Waals surface area contributed by atoms with Crippen molar-refractivity contribution in [1.29, 1.82) is 0 Å². The Morgan fingerprint density at radius 3 is 2.70 bits per heavy atom. The highest BCUT2D eigenvalue weighted by atomic mass is 35.5. The molecule has 2 rings (SSSR count). The van der Waals surface area contributed by atoms with Crippen LogP contribution in [0.4, 0.5) is 0 Å². The minimum atomic E-state index is -0.123. The van der Waals surface area contributed by atoms with Crippen LogP contribution in [0.2, 0.25) is 5.02 Å². The van der Waals surface area contributed by atoms with E-state index in [-0.39, 0.29) is 11.9 Å². The smallest absolute Gasteiger partial charge is 0.251 e. The van der Waals surface area contributed by atoms with Crippen LogP contribution in [0.15, 0.2) is 48.5 Å². The van der Waals surface area contributed by atoms with E-state index in [2.05, 4.69) is 5.32 Å². The average Bonchev–Trinajstić information content (AvgIpc) is 2.54. The summed E-state index contributed by atoms with van der Waals surface area (Å²) in [7, 11) is 0. The minimum Gasteiger partial charge on any atom is -0.489 e. The largest absolute Gasteiger partial charge is 0.489 e. The van der Waals surface area contributed by atoms with E-state index in [1.165, 1.54) is 0 Å². The Morgan fingerprint density at radius 2 is 2.00 bits per heavy atom. The summed E-state index contributed by atoms with van der Waals surface area (Å²) in [6.07, 6.45) is 0.749. The van der Waals surface area contributed by atoms with Crippen LogP contribution in [0.5, 0.6) is 5.75 Å². The van der Waals surface area contributed by atoms with Crippen LogP contribution in [0, 0.1) is 0 Å². The van der Waals surface area contributed by atoms with E-state index in [9.17, 15) is 4.79 Å². The summed E-state index contributed by atoms with van der Waals surface area (Å²) in [6.45, 7) is 2.90. The van der Waals surface area contributed by atoms with Crippen LogP contribution >= 0.6 is 11.6 Å². The second-order valence-electron chi connectivity index (χ2n) is 5.46. The summed E-state index contributed by atoms with van der Waals surface area (Å²) < 4.78 is 5.72. The molecule has 0 fully saturated rings. The average molecular weight is 333 g/mol. The summed E-state index contributed by atoms with van der Waals surface area (Å²) in [6, 6.07) is 14.7. The van der Waals surface area contributed by atoms with E-state index in [1.807, 2.05) is 37.3 Å². The molecule has 122 valence electrons. The third kappa shape index (κ3) is 5.93. The molecule has 1 unspecified atom stereocenters. The van der Waals surface area contributed by atoms with Crippen LogP contribution in [0.3, 0.4) is 0 Å². The second-order valence-corrected chi connectivity index (χ2v) is 5.90. The van der Waals surface area contributed by atoms with Gasteiger partial charge in [-0.15, -0.1) is 0 Å². The first-order valence-corrected chi connectivity index (χ1v) is 7.93. The lowest BCUT2D eigenvalue weighted by molar-refractivity contribution is 0.0952. The number of ether oxygens (including phenoxy) is 1. The monoisotopic (exact) mass is 332 g/mol. The van der Waals surface area contributed by atoms with Crippen molar-refractivity contribution in [2.45, 2.75) is 26.0 Å². The van der Waals surface area contributed by atoms with E-state index < -0.39 is 0 Å². The van der Waals surface area contributed by atoms with Gasteiger partial charge in [-0.25, -0.2) is 0 Å². The Kier molecular flexibility index (Phi) is 6.44. The molecule has 5 heteroatoms. The molecule has 23 heavy (non-hydrogen) atoms. The van der Waals surface area contributed by atoms with Gasteiger partial charge in [0.1, 0.15) is 12.4 Å². The van der Waals surface area contributed by atoms with Gasteiger partial charge in [0.15, 0.2) is 0 Å². The lowest BCUT2D eigenvalue weighted by Gasteiger charge is -2.10. The highest BCUT2D eigenvalue weighted by molar-refractivity contribution is 6.30. The number of nitrogens with one attached hydrogen (secondary N) is 1. The van der Waals surface area contributed by atoms with Crippen molar-refractivity contribution < 1.29 is 9.53 Å². The maximum atomic E-state index is 12.1. The Bertz CT molecular complexity index is 642. The molecule has 1 atom stereocenters. The molecule has 0 aliphatic heterocycles. The summed E-state index contributed by atoms with van der Waals surface area (Å²) in [5.41, 5.74) is 7.25. The molecule has 1 amide bonds. The predicted molar refractivity (Wildman–Crippen MR) is 92.8 cm³/mol. The maximum Gasteiger partial charge on any atom is 0.251 e. The Labute approximate surface area is 141 Å². The molecule has 0 saturated carbocycles. The molecule has 0 heterocycles. The number of carbonyl (C=O) groups excluding carboxylic acids is 1.